The molecule has 19 heavy (non-hydrogen) atoms. The summed E-state index contributed by atoms with van der Waals surface area (Å²) in [7, 11) is 0. The largest absolute Gasteiger partial charge is 0.391 e. The minimum atomic E-state index is -0.735. The van der Waals surface area contributed by atoms with Crippen molar-refractivity contribution in [3.05, 3.63) is 33.8 Å². The summed E-state index contributed by atoms with van der Waals surface area (Å²) in [4.78, 5) is 25.2. The van der Waals surface area contributed by atoms with Crippen LogP contribution in [0.5, 0.6) is 0 Å². The van der Waals surface area contributed by atoms with Crippen LogP contribution < -0.4 is 5.73 Å². The lowest BCUT2D eigenvalue weighted by atomic mass is 10.1. The maximum atomic E-state index is 12.5. The van der Waals surface area contributed by atoms with Crippen LogP contribution in [0.1, 0.15) is 22.3 Å². The van der Waals surface area contributed by atoms with Crippen LogP contribution in [0.15, 0.2) is 22.7 Å². The minimum Gasteiger partial charge on any atom is -0.391 e. The zero-order valence-electron chi connectivity index (χ0n) is 10.5. The standard InChI is InChI=1S/C13H15BrN2O3/c1-7-2-3-8(14)4-10(7)13(19)16-6-9(17)5-11(16)12(15)18/h2-4,9,11,17H,5-6H2,1H3,(H2,15,18). The van der Waals surface area contributed by atoms with Crippen molar-refractivity contribution in [1.29, 1.82) is 0 Å². The molecule has 2 rings (SSSR count). The first-order valence-corrected chi connectivity index (χ1v) is 6.74. The molecule has 5 nitrogen and oxygen atoms in total. The highest BCUT2D eigenvalue weighted by Gasteiger charge is 2.38. The smallest absolute Gasteiger partial charge is 0.254 e. The van der Waals surface area contributed by atoms with Gasteiger partial charge in [0.25, 0.3) is 5.91 Å². The molecule has 3 N–H and O–H groups in total. The quantitative estimate of drug-likeness (QED) is 0.843. The SMILES string of the molecule is Cc1ccc(Br)cc1C(=O)N1CC(O)CC1C(N)=O. The van der Waals surface area contributed by atoms with E-state index in [9.17, 15) is 14.7 Å². The van der Waals surface area contributed by atoms with Gasteiger partial charge in [-0.3, -0.25) is 9.59 Å². The summed E-state index contributed by atoms with van der Waals surface area (Å²) in [5.41, 5.74) is 6.61. The lowest BCUT2D eigenvalue weighted by Crippen LogP contribution is -2.44. The van der Waals surface area contributed by atoms with Crippen LogP contribution in [-0.4, -0.2) is 40.5 Å². The Morgan fingerprint density at radius 3 is 2.79 bits per heavy atom. The number of hydrogen-bond acceptors (Lipinski definition) is 3. The van der Waals surface area contributed by atoms with Crippen molar-refractivity contribution in [1.82, 2.24) is 4.90 Å². The van der Waals surface area contributed by atoms with Gasteiger partial charge in [-0.15, -0.1) is 0 Å². The molecule has 1 saturated heterocycles. The monoisotopic (exact) mass is 326 g/mol. The number of aliphatic hydroxyl groups excluding tert-OH is 1. The van der Waals surface area contributed by atoms with Gasteiger partial charge in [-0.05, 0) is 24.6 Å². The van der Waals surface area contributed by atoms with E-state index in [-0.39, 0.29) is 18.9 Å². The van der Waals surface area contributed by atoms with Gasteiger partial charge in [0, 0.05) is 23.0 Å². The number of carbonyl (C=O) groups is 2. The number of amides is 2. The van der Waals surface area contributed by atoms with Crippen molar-refractivity contribution in [3.63, 3.8) is 0 Å². The molecule has 1 aromatic carbocycles. The van der Waals surface area contributed by atoms with E-state index in [1.165, 1.54) is 4.90 Å². The van der Waals surface area contributed by atoms with E-state index in [2.05, 4.69) is 15.9 Å². The van der Waals surface area contributed by atoms with Gasteiger partial charge in [0.1, 0.15) is 6.04 Å². The third-order valence-corrected chi connectivity index (χ3v) is 3.79. The number of aryl methyl sites for hydroxylation is 1. The molecule has 2 atom stereocenters. The summed E-state index contributed by atoms with van der Waals surface area (Å²) in [6.45, 7) is 1.96. The first-order valence-electron chi connectivity index (χ1n) is 5.94. The molecule has 2 unspecified atom stereocenters. The maximum Gasteiger partial charge on any atom is 0.254 e. The van der Waals surface area contributed by atoms with Gasteiger partial charge < -0.3 is 15.7 Å². The Morgan fingerprint density at radius 2 is 2.16 bits per heavy atom. The van der Waals surface area contributed by atoms with Gasteiger partial charge in [0.2, 0.25) is 5.91 Å². The number of benzene rings is 1. The number of hydrogen-bond donors (Lipinski definition) is 2. The number of rotatable bonds is 2. The van der Waals surface area contributed by atoms with E-state index in [4.69, 9.17) is 5.73 Å². The average molecular weight is 327 g/mol. The number of likely N-dealkylation sites (tertiary alicyclic amines) is 1. The molecule has 1 heterocycles. The molecule has 0 spiro atoms. The predicted molar refractivity (Wildman–Crippen MR) is 73.5 cm³/mol. The number of carbonyl (C=O) groups excluding carboxylic acids is 2. The highest BCUT2D eigenvalue weighted by atomic mass is 79.9. The third-order valence-electron chi connectivity index (χ3n) is 3.30. The Hall–Kier alpha value is -1.40. The van der Waals surface area contributed by atoms with E-state index >= 15 is 0 Å². The maximum absolute atomic E-state index is 12.5. The van der Waals surface area contributed by atoms with E-state index in [1.807, 2.05) is 19.1 Å². The summed E-state index contributed by atoms with van der Waals surface area (Å²) >= 11 is 3.32. The van der Waals surface area contributed by atoms with Crippen LogP contribution in [0.3, 0.4) is 0 Å². The predicted octanol–water partition coefficient (Wildman–Crippen LogP) is 0.818. The number of primary amides is 1. The Kier molecular flexibility index (Phi) is 3.91. The topological polar surface area (TPSA) is 83.6 Å². The van der Waals surface area contributed by atoms with Crippen molar-refractivity contribution in [2.24, 2.45) is 5.73 Å². The molecule has 1 aliphatic rings. The van der Waals surface area contributed by atoms with Crippen molar-refractivity contribution < 1.29 is 14.7 Å². The number of nitrogens with two attached hydrogens (primary N) is 1. The van der Waals surface area contributed by atoms with Crippen LogP contribution in [0.4, 0.5) is 0 Å². The van der Waals surface area contributed by atoms with Crippen LogP contribution in [-0.2, 0) is 4.79 Å². The van der Waals surface area contributed by atoms with Crippen LogP contribution in [0.2, 0.25) is 0 Å². The second-order valence-electron chi connectivity index (χ2n) is 4.72. The molecule has 102 valence electrons. The molecule has 0 saturated carbocycles. The molecule has 1 aliphatic heterocycles. The van der Waals surface area contributed by atoms with Crippen molar-refractivity contribution in [2.45, 2.75) is 25.5 Å². The normalized spacial score (nSPS) is 22.6. The minimum absolute atomic E-state index is 0.137. The van der Waals surface area contributed by atoms with Crippen LogP contribution >= 0.6 is 15.9 Å². The number of halogens is 1. The Labute approximate surface area is 119 Å². The second kappa shape index (κ2) is 5.30. The summed E-state index contributed by atoms with van der Waals surface area (Å²) < 4.78 is 0.789. The zero-order valence-corrected chi connectivity index (χ0v) is 12.1. The number of β-amino-alcohol motifs (C(OH)–C–C–N with tert-alkyl or cyclic N) is 1. The first-order chi connectivity index (χ1) is 8.90. The van der Waals surface area contributed by atoms with E-state index in [1.54, 1.807) is 6.07 Å². The molecular formula is C13H15BrN2O3. The van der Waals surface area contributed by atoms with Gasteiger partial charge >= 0.3 is 0 Å². The Balaban J connectivity index is 2.33. The molecule has 0 radical (unpaired) electrons. The lowest BCUT2D eigenvalue weighted by molar-refractivity contribution is -0.121. The molecule has 0 aromatic heterocycles. The summed E-state index contributed by atoms with van der Waals surface area (Å²) in [6, 6.07) is 4.64. The van der Waals surface area contributed by atoms with Gasteiger partial charge in [0.05, 0.1) is 6.10 Å². The van der Waals surface area contributed by atoms with Gasteiger partial charge in [-0.1, -0.05) is 22.0 Å². The van der Waals surface area contributed by atoms with Gasteiger partial charge in [0.15, 0.2) is 0 Å². The summed E-state index contributed by atoms with van der Waals surface area (Å²) in [6.07, 6.45) is -0.498. The summed E-state index contributed by atoms with van der Waals surface area (Å²) in [5.74, 6) is -0.864. The van der Waals surface area contributed by atoms with Crippen molar-refractivity contribution in [3.8, 4) is 0 Å². The van der Waals surface area contributed by atoms with E-state index in [0.717, 1.165) is 10.0 Å². The molecule has 0 aliphatic carbocycles. The van der Waals surface area contributed by atoms with Crippen LogP contribution in [0.25, 0.3) is 0 Å². The average Bonchev–Trinajstić information content (AvgIpc) is 2.74. The second-order valence-corrected chi connectivity index (χ2v) is 5.64. The molecule has 0 bridgehead atoms. The highest BCUT2D eigenvalue weighted by molar-refractivity contribution is 9.10. The Bertz CT molecular complexity index is 533. The van der Waals surface area contributed by atoms with Crippen molar-refractivity contribution in [2.75, 3.05) is 6.54 Å². The molecule has 1 aromatic rings. The number of nitrogens with zero attached hydrogens (tertiary/aromatic N) is 1. The fraction of sp³-hybridized carbons (Fsp3) is 0.385. The third kappa shape index (κ3) is 2.79. The fourth-order valence-electron chi connectivity index (χ4n) is 2.29. The molecule has 1 fully saturated rings. The van der Waals surface area contributed by atoms with Gasteiger partial charge in [-0.2, -0.15) is 0 Å². The van der Waals surface area contributed by atoms with E-state index in [0.29, 0.717) is 5.56 Å². The highest BCUT2D eigenvalue weighted by Crippen LogP contribution is 2.23. The number of aliphatic hydroxyl groups is 1. The van der Waals surface area contributed by atoms with Gasteiger partial charge in [-0.25, -0.2) is 0 Å². The van der Waals surface area contributed by atoms with Crippen LogP contribution in [0, 0.1) is 6.92 Å². The zero-order chi connectivity index (χ0) is 14.2. The van der Waals surface area contributed by atoms with E-state index < -0.39 is 18.1 Å². The fourth-order valence-corrected chi connectivity index (χ4v) is 2.65. The lowest BCUT2D eigenvalue weighted by Gasteiger charge is -2.22. The molecule has 2 amide bonds. The first kappa shape index (κ1) is 14.0. The molecule has 6 heteroatoms. The Morgan fingerprint density at radius 1 is 1.47 bits per heavy atom. The van der Waals surface area contributed by atoms with Crippen molar-refractivity contribution >= 4 is 27.7 Å². The summed E-state index contributed by atoms with van der Waals surface area (Å²) in [5, 5.41) is 9.63. The molecular weight excluding hydrogens is 312 g/mol.